The number of amides is 2. The van der Waals surface area contributed by atoms with E-state index in [9.17, 15) is 9.59 Å². The third-order valence-corrected chi connectivity index (χ3v) is 5.52. The third-order valence-electron chi connectivity index (χ3n) is 5.28. The van der Waals surface area contributed by atoms with Crippen LogP contribution in [0.3, 0.4) is 0 Å². The van der Waals surface area contributed by atoms with Gasteiger partial charge in [-0.3, -0.25) is 9.59 Å². The molecule has 2 amide bonds. The van der Waals surface area contributed by atoms with Crippen molar-refractivity contribution >= 4 is 29.2 Å². The van der Waals surface area contributed by atoms with E-state index in [2.05, 4.69) is 31.1 Å². The molecular weight excluding hydrogens is 468 g/mol. The zero-order valence-corrected chi connectivity index (χ0v) is 19.4. The molecule has 2 heterocycles. The summed E-state index contributed by atoms with van der Waals surface area (Å²) in [6.07, 6.45) is 3.67. The molecular formula is C24H23ClN8O2. The fourth-order valence-corrected chi connectivity index (χ4v) is 3.73. The number of carbonyl (C=O) groups excluding carboxylic acids is 2. The summed E-state index contributed by atoms with van der Waals surface area (Å²) in [5.74, 6) is -0.414. The second-order valence-electron chi connectivity index (χ2n) is 7.76. The fourth-order valence-electron chi connectivity index (χ4n) is 3.53. The number of anilines is 1. The van der Waals surface area contributed by atoms with Crippen LogP contribution in [0.1, 0.15) is 21.5 Å². The molecule has 10 nitrogen and oxygen atoms in total. The first-order chi connectivity index (χ1) is 17.0. The van der Waals surface area contributed by atoms with Gasteiger partial charge in [-0.25, -0.2) is 9.67 Å². The zero-order chi connectivity index (χ0) is 24.6. The van der Waals surface area contributed by atoms with Crippen molar-refractivity contribution in [3.05, 3.63) is 94.9 Å². The Morgan fingerprint density at radius 3 is 2.63 bits per heavy atom. The van der Waals surface area contributed by atoms with E-state index in [1.807, 2.05) is 42.5 Å². The van der Waals surface area contributed by atoms with Crippen LogP contribution in [-0.2, 0) is 17.6 Å². The average Bonchev–Trinajstić information content (AvgIpc) is 3.39. The molecule has 4 rings (SSSR count). The van der Waals surface area contributed by atoms with Gasteiger partial charge in [0, 0.05) is 24.2 Å². The maximum atomic E-state index is 13.1. The van der Waals surface area contributed by atoms with Gasteiger partial charge in [0.15, 0.2) is 0 Å². The molecule has 0 saturated heterocycles. The van der Waals surface area contributed by atoms with Crippen LogP contribution in [0.5, 0.6) is 0 Å². The molecule has 4 N–H and O–H groups in total. The molecule has 0 spiro atoms. The van der Waals surface area contributed by atoms with Gasteiger partial charge in [-0.1, -0.05) is 41.9 Å². The van der Waals surface area contributed by atoms with Gasteiger partial charge in [-0.2, -0.15) is 0 Å². The summed E-state index contributed by atoms with van der Waals surface area (Å²) in [4.78, 5) is 29.8. The second-order valence-corrected chi connectivity index (χ2v) is 8.19. The number of tetrazole rings is 1. The van der Waals surface area contributed by atoms with E-state index in [1.54, 1.807) is 12.1 Å². The van der Waals surface area contributed by atoms with Crippen molar-refractivity contribution in [1.82, 2.24) is 35.8 Å². The monoisotopic (exact) mass is 490 g/mol. The number of halogens is 1. The number of nitrogens with zero attached hydrogens (tertiary/aromatic N) is 5. The maximum Gasteiger partial charge on any atom is 0.253 e. The lowest BCUT2D eigenvalue weighted by molar-refractivity contribution is -0.122. The van der Waals surface area contributed by atoms with Gasteiger partial charge in [-0.15, -0.1) is 5.10 Å². The molecule has 11 heteroatoms. The minimum atomic E-state index is -0.791. The lowest BCUT2D eigenvalue weighted by Gasteiger charge is -2.19. The van der Waals surface area contributed by atoms with Crippen LogP contribution in [0.25, 0.3) is 5.69 Å². The molecule has 0 aliphatic carbocycles. The summed E-state index contributed by atoms with van der Waals surface area (Å²) in [7, 11) is 0. The number of rotatable bonds is 9. The molecule has 2 aromatic carbocycles. The van der Waals surface area contributed by atoms with Gasteiger partial charge in [0.05, 0.1) is 11.3 Å². The number of nitrogen functional groups attached to an aromatic ring is 1. The van der Waals surface area contributed by atoms with Crippen molar-refractivity contribution in [2.45, 2.75) is 18.9 Å². The van der Waals surface area contributed by atoms with Gasteiger partial charge in [-0.05, 0) is 58.3 Å². The minimum Gasteiger partial charge on any atom is -0.384 e. The van der Waals surface area contributed by atoms with Gasteiger partial charge >= 0.3 is 0 Å². The highest BCUT2D eigenvalue weighted by atomic mass is 35.5. The lowest BCUT2D eigenvalue weighted by Crippen LogP contribution is -2.48. The fraction of sp³-hybridized carbons (Fsp3) is 0.167. The molecule has 4 aromatic rings. The van der Waals surface area contributed by atoms with Crippen molar-refractivity contribution in [2.75, 3.05) is 12.3 Å². The first kappa shape index (κ1) is 23.8. The SMILES string of the molecule is Nc1ccc(C(=O)N[C@@H](Cc2ccccc2)C(=O)NCCc2cc(Cl)ccc2-n2cnnn2)cn1. The maximum absolute atomic E-state index is 13.1. The molecule has 2 aromatic heterocycles. The highest BCUT2D eigenvalue weighted by Gasteiger charge is 2.22. The molecule has 0 aliphatic heterocycles. The Labute approximate surface area is 206 Å². The Kier molecular flexibility index (Phi) is 7.63. The summed E-state index contributed by atoms with van der Waals surface area (Å²) >= 11 is 6.18. The third kappa shape index (κ3) is 6.39. The first-order valence-electron chi connectivity index (χ1n) is 10.9. The summed E-state index contributed by atoms with van der Waals surface area (Å²) in [5, 5.41) is 17.6. The number of pyridine rings is 1. The number of carbonyl (C=O) groups is 2. The van der Waals surface area contributed by atoms with E-state index in [0.717, 1.165) is 16.8 Å². The Morgan fingerprint density at radius 1 is 1.09 bits per heavy atom. The number of hydrogen-bond acceptors (Lipinski definition) is 7. The van der Waals surface area contributed by atoms with Crippen LogP contribution in [0.2, 0.25) is 5.02 Å². The molecule has 0 bridgehead atoms. The number of nitrogens with one attached hydrogen (secondary N) is 2. The topological polar surface area (TPSA) is 141 Å². The average molecular weight is 491 g/mol. The minimum absolute atomic E-state index is 0.308. The van der Waals surface area contributed by atoms with Crippen LogP contribution in [0.15, 0.2) is 73.2 Å². The van der Waals surface area contributed by atoms with E-state index >= 15 is 0 Å². The molecule has 0 unspecified atom stereocenters. The first-order valence-corrected chi connectivity index (χ1v) is 11.2. The Balaban J connectivity index is 1.45. The van der Waals surface area contributed by atoms with Crippen molar-refractivity contribution < 1.29 is 9.59 Å². The largest absolute Gasteiger partial charge is 0.384 e. The number of hydrogen-bond donors (Lipinski definition) is 3. The van der Waals surface area contributed by atoms with E-state index in [0.29, 0.717) is 35.8 Å². The Morgan fingerprint density at radius 2 is 1.91 bits per heavy atom. The quantitative estimate of drug-likeness (QED) is 0.326. The van der Waals surface area contributed by atoms with Gasteiger partial charge in [0.25, 0.3) is 5.91 Å². The normalized spacial score (nSPS) is 11.6. The summed E-state index contributed by atoms with van der Waals surface area (Å²) in [6, 6.07) is 17.2. The van der Waals surface area contributed by atoms with Crippen LogP contribution in [0.4, 0.5) is 5.82 Å². The molecule has 0 fully saturated rings. The van der Waals surface area contributed by atoms with Crippen molar-refractivity contribution in [3.8, 4) is 5.69 Å². The smallest absolute Gasteiger partial charge is 0.253 e. The summed E-state index contributed by atoms with van der Waals surface area (Å²) in [5.41, 5.74) is 8.46. The van der Waals surface area contributed by atoms with Crippen molar-refractivity contribution in [2.24, 2.45) is 0 Å². The van der Waals surface area contributed by atoms with E-state index < -0.39 is 11.9 Å². The predicted octanol–water partition coefficient (Wildman–Crippen LogP) is 1.99. The van der Waals surface area contributed by atoms with Gasteiger partial charge in [0.2, 0.25) is 5.91 Å². The highest BCUT2D eigenvalue weighted by molar-refractivity contribution is 6.30. The van der Waals surface area contributed by atoms with Crippen LogP contribution in [0, 0.1) is 0 Å². The second kappa shape index (κ2) is 11.2. The van der Waals surface area contributed by atoms with Gasteiger partial charge < -0.3 is 16.4 Å². The van der Waals surface area contributed by atoms with Crippen LogP contribution in [-0.4, -0.2) is 49.6 Å². The summed E-state index contributed by atoms with van der Waals surface area (Å²) < 4.78 is 1.53. The zero-order valence-electron chi connectivity index (χ0n) is 18.6. The number of aromatic nitrogens is 5. The highest BCUT2D eigenvalue weighted by Crippen LogP contribution is 2.19. The predicted molar refractivity (Wildman–Crippen MR) is 131 cm³/mol. The molecule has 178 valence electrons. The van der Waals surface area contributed by atoms with E-state index in [1.165, 1.54) is 23.3 Å². The van der Waals surface area contributed by atoms with Crippen LogP contribution >= 0.6 is 11.6 Å². The summed E-state index contributed by atoms with van der Waals surface area (Å²) in [6.45, 7) is 0.318. The molecule has 35 heavy (non-hydrogen) atoms. The van der Waals surface area contributed by atoms with E-state index in [-0.39, 0.29) is 5.91 Å². The lowest BCUT2D eigenvalue weighted by atomic mass is 10.0. The number of benzene rings is 2. The van der Waals surface area contributed by atoms with Gasteiger partial charge in [0.1, 0.15) is 18.2 Å². The molecule has 0 saturated carbocycles. The standard InChI is InChI=1S/C24H23ClN8O2/c25-19-7-8-21(33-15-29-31-32-33)17(13-19)10-11-27-24(35)20(12-16-4-2-1-3-5-16)30-23(34)18-6-9-22(26)28-14-18/h1-9,13-15,20H,10-12H2,(H2,26,28)(H,27,35)(H,30,34)/t20-/m0/s1. The Hall–Kier alpha value is -4.31. The Bertz CT molecular complexity index is 1280. The van der Waals surface area contributed by atoms with Crippen molar-refractivity contribution in [1.29, 1.82) is 0 Å². The van der Waals surface area contributed by atoms with Crippen molar-refractivity contribution in [3.63, 3.8) is 0 Å². The van der Waals surface area contributed by atoms with E-state index in [4.69, 9.17) is 17.3 Å². The molecule has 0 radical (unpaired) electrons. The van der Waals surface area contributed by atoms with Crippen LogP contribution < -0.4 is 16.4 Å². The molecule has 1 atom stereocenters. The number of nitrogens with two attached hydrogens (primary N) is 1. The molecule has 0 aliphatic rings.